The Morgan fingerprint density at radius 1 is 1.20 bits per heavy atom. The first-order valence-electron chi connectivity index (χ1n) is 9.02. The van der Waals surface area contributed by atoms with Crippen molar-refractivity contribution in [2.45, 2.75) is 56.4 Å². The smallest absolute Gasteiger partial charge is 0.251 e. The Balaban J connectivity index is 1.84. The van der Waals surface area contributed by atoms with E-state index in [1.807, 2.05) is 0 Å². The van der Waals surface area contributed by atoms with Gasteiger partial charge in [0.25, 0.3) is 5.91 Å². The topological polar surface area (TPSA) is 84.5 Å². The molecule has 1 aromatic carbocycles. The second-order valence-corrected chi connectivity index (χ2v) is 8.09. The van der Waals surface area contributed by atoms with Gasteiger partial charge in [0, 0.05) is 25.3 Å². The summed E-state index contributed by atoms with van der Waals surface area (Å²) in [6.07, 6.45) is 6.18. The van der Waals surface area contributed by atoms with Crippen LogP contribution in [0.3, 0.4) is 0 Å². The fraction of sp³-hybridized carbons (Fsp3) is 0.611. The maximum atomic E-state index is 12.3. The molecule has 1 aromatic rings. The Kier molecular flexibility index (Phi) is 7.87. The van der Waals surface area contributed by atoms with E-state index in [9.17, 15) is 13.2 Å². The molecule has 0 spiro atoms. The Morgan fingerprint density at radius 3 is 2.60 bits per heavy atom. The first-order valence-corrected chi connectivity index (χ1v) is 10.5. The number of benzene rings is 1. The molecule has 140 valence electrons. The van der Waals surface area contributed by atoms with Gasteiger partial charge in [0.05, 0.1) is 11.0 Å². The van der Waals surface area contributed by atoms with Crippen LogP contribution in [0.5, 0.6) is 0 Å². The molecule has 1 amide bonds. The quantitative estimate of drug-likeness (QED) is 0.621. The zero-order valence-corrected chi connectivity index (χ0v) is 15.6. The maximum absolute atomic E-state index is 12.3. The highest BCUT2D eigenvalue weighted by Crippen LogP contribution is 2.14. The van der Waals surface area contributed by atoms with Gasteiger partial charge in [0.1, 0.15) is 0 Å². The number of hydrogen-bond donors (Lipinski definition) is 2. The fourth-order valence-electron chi connectivity index (χ4n) is 2.73. The Labute approximate surface area is 150 Å². The summed E-state index contributed by atoms with van der Waals surface area (Å²) in [6.45, 7) is 3.75. The minimum Gasteiger partial charge on any atom is -0.377 e. The van der Waals surface area contributed by atoms with Crippen molar-refractivity contribution in [2.75, 3.05) is 19.7 Å². The number of hydrogen-bond acceptors (Lipinski definition) is 4. The minimum atomic E-state index is -3.58. The third-order valence-electron chi connectivity index (χ3n) is 4.27. The molecule has 1 saturated heterocycles. The van der Waals surface area contributed by atoms with Gasteiger partial charge in [0.15, 0.2) is 0 Å². The van der Waals surface area contributed by atoms with Crippen molar-refractivity contribution in [1.29, 1.82) is 0 Å². The third-order valence-corrected chi connectivity index (χ3v) is 5.71. The highest BCUT2D eigenvalue weighted by Gasteiger charge is 2.20. The van der Waals surface area contributed by atoms with Crippen molar-refractivity contribution >= 4 is 15.9 Å². The number of amides is 1. The van der Waals surface area contributed by atoms with Crippen molar-refractivity contribution < 1.29 is 17.9 Å². The monoisotopic (exact) mass is 368 g/mol. The second-order valence-electron chi connectivity index (χ2n) is 6.33. The third kappa shape index (κ3) is 6.41. The molecule has 2 rings (SSSR count). The number of ether oxygens (including phenoxy) is 1. The summed E-state index contributed by atoms with van der Waals surface area (Å²) in [5.74, 6) is -0.173. The lowest BCUT2D eigenvalue weighted by Crippen LogP contribution is -2.31. The predicted octanol–water partition coefficient (Wildman–Crippen LogP) is 2.45. The van der Waals surface area contributed by atoms with E-state index in [2.05, 4.69) is 17.0 Å². The molecule has 0 aromatic heterocycles. The number of sulfonamides is 1. The van der Waals surface area contributed by atoms with Crippen LogP contribution in [0.4, 0.5) is 0 Å². The van der Waals surface area contributed by atoms with E-state index < -0.39 is 10.0 Å². The van der Waals surface area contributed by atoms with E-state index in [1.165, 1.54) is 18.6 Å². The molecule has 0 aliphatic carbocycles. The number of rotatable bonds is 10. The van der Waals surface area contributed by atoms with Gasteiger partial charge >= 0.3 is 0 Å². The van der Waals surface area contributed by atoms with Crippen LogP contribution in [-0.2, 0) is 14.8 Å². The van der Waals surface area contributed by atoms with Gasteiger partial charge in [-0.25, -0.2) is 13.1 Å². The second kappa shape index (κ2) is 9.89. The summed E-state index contributed by atoms with van der Waals surface area (Å²) in [4.78, 5) is 12.2. The molecule has 7 heteroatoms. The van der Waals surface area contributed by atoms with Crippen molar-refractivity contribution in [3.05, 3.63) is 29.8 Å². The molecule has 0 bridgehead atoms. The van der Waals surface area contributed by atoms with E-state index in [1.54, 1.807) is 12.1 Å². The molecule has 2 N–H and O–H groups in total. The largest absolute Gasteiger partial charge is 0.377 e. The van der Waals surface area contributed by atoms with Gasteiger partial charge in [-0.2, -0.15) is 0 Å². The first-order chi connectivity index (χ1) is 12.0. The SMILES string of the molecule is CCCCCCNC(=O)c1ccc(S(=O)(=O)NCC2CCCO2)cc1. The minimum absolute atomic E-state index is 0.0486. The lowest BCUT2D eigenvalue weighted by atomic mass is 10.2. The van der Waals surface area contributed by atoms with E-state index in [0.29, 0.717) is 18.7 Å². The summed E-state index contributed by atoms with van der Waals surface area (Å²) in [7, 11) is -3.58. The highest BCUT2D eigenvalue weighted by atomic mass is 32.2. The van der Waals surface area contributed by atoms with Crippen LogP contribution >= 0.6 is 0 Å². The Morgan fingerprint density at radius 2 is 1.96 bits per heavy atom. The molecule has 1 unspecified atom stereocenters. The number of unbranched alkanes of at least 4 members (excludes halogenated alkanes) is 3. The summed E-state index contributed by atoms with van der Waals surface area (Å²) in [5, 5.41) is 2.86. The van der Waals surface area contributed by atoms with E-state index in [-0.39, 0.29) is 23.5 Å². The summed E-state index contributed by atoms with van der Waals surface area (Å²) in [6, 6.07) is 6.01. The molecule has 1 atom stereocenters. The Hall–Kier alpha value is -1.44. The van der Waals surface area contributed by atoms with Gasteiger partial charge in [0.2, 0.25) is 10.0 Å². The van der Waals surface area contributed by atoms with Crippen molar-refractivity contribution in [2.24, 2.45) is 0 Å². The van der Waals surface area contributed by atoms with Crippen molar-refractivity contribution in [3.8, 4) is 0 Å². The van der Waals surface area contributed by atoms with Gasteiger partial charge < -0.3 is 10.1 Å². The zero-order valence-electron chi connectivity index (χ0n) is 14.8. The van der Waals surface area contributed by atoms with Gasteiger partial charge in [-0.1, -0.05) is 26.2 Å². The number of nitrogens with one attached hydrogen (secondary N) is 2. The van der Waals surface area contributed by atoms with Crippen LogP contribution in [0.1, 0.15) is 55.8 Å². The molecule has 0 saturated carbocycles. The molecule has 1 aliphatic rings. The molecule has 1 fully saturated rings. The van der Waals surface area contributed by atoms with Gasteiger partial charge in [-0.15, -0.1) is 0 Å². The van der Waals surface area contributed by atoms with Gasteiger partial charge in [-0.3, -0.25) is 4.79 Å². The summed E-state index contributed by atoms with van der Waals surface area (Å²) in [5.41, 5.74) is 0.466. The predicted molar refractivity (Wildman–Crippen MR) is 97.1 cm³/mol. The molecule has 1 aliphatic heterocycles. The van der Waals surface area contributed by atoms with Crippen molar-refractivity contribution in [1.82, 2.24) is 10.0 Å². The lowest BCUT2D eigenvalue weighted by molar-refractivity contribution is 0.0953. The normalized spacial score (nSPS) is 17.6. The average Bonchev–Trinajstić information content (AvgIpc) is 3.13. The maximum Gasteiger partial charge on any atom is 0.251 e. The number of carbonyl (C=O) groups is 1. The van der Waals surface area contributed by atoms with E-state index in [0.717, 1.165) is 32.1 Å². The van der Waals surface area contributed by atoms with Crippen LogP contribution in [0.15, 0.2) is 29.2 Å². The summed E-state index contributed by atoms with van der Waals surface area (Å²) < 4.78 is 32.5. The fourth-order valence-corrected chi connectivity index (χ4v) is 3.80. The average molecular weight is 368 g/mol. The molecular formula is C18H28N2O4S. The summed E-state index contributed by atoms with van der Waals surface area (Å²) >= 11 is 0. The van der Waals surface area contributed by atoms with Crippen LogP contribution in [-0.4, -0.2) is 40.1 Å². The van der Waals surface area contributed by atoms with Crippen LogP contribution < -0.4 is 10.0 Å². The first kappa shape index (κ1) is 19.9. The van der Waals surface area contributed by atoms with Crippen LogP contribution in [0.25, 0.3) is 0 Å². The number of carbonyl (C=O) groups excluding carboxylic acids is 1. The zero-order chi connectivity index (χ0) is 18.1. The van der Waals surface area contributed by atoms with Crippen LogP contribution in [0, 0.1) is 0 Å². The van der Waals surface area contributed by atoms with E-state index in [4.69, 9.17) is 4.74 Å². The molecule has 25 heavy (non-hydrogen) atoms. The standard InChI is InChI=1S/C18H28N2O4S/c1-2-3-4-5-12-19-18(21)15-8-10-17(11-9-15)25(22,23)20-14-16-7-6-13-24-16/h8-11,16,20H,2-7,12-14H2,1H3,(H,19,21). The highest BCUT2D eigenvalue weighted by molar-refractivity contribution is 7.89. The Bertz CT molecular complexity index is 638. The molecular weight excluding hydrogens is 340 g/mol. The van der Waals surface area contributed by atoms with E-state index >= 15 is 0 Å². The van der Waals surface area contributed by atoms with Crippen molar-refractivity contribution in [3.63, 3.8) is 0 Å². The molecule has 0 radical (unpaired) electrons. The van der Waals surface area contributed by atoms with Crippen LogP contribution in [0.2, 0.25) is 0 Å². The lowest BCUT2D eigenvalue weighted by Gasteiger charge is -2.11. The van der Waals surface area contributed by atoms with Gasteiger partial charge in [-0.05, 0) is 43.5 Å². The molecule has 1 heterocycles. The molecule has 6 nitrogen and oxygen atoms in total.